The minimum atomic E-state index is -0.209. The Labute approximate surface area is 98.8 Å². The number of hydrogen-bond donors (Lipinski definition) is 1. The molecule has 0 aliphatic rings. The average molecular weight is 247 g/mol. The zero-order valence-electron chi connectivity index (χ0n) is 8.34. The Kier molecular flexibility index (Phi) is 5.02. The summed E-state index contributed by atoms with van der Waals surface area (Å²) in [6.45, 7) is 0.563. The molecule has 1 aromatic carbocycles. The number of rotatable bonds is 5. The van der Waals surface area contributed by atoms with Crippen molar-refractivity contribution < 1.29 is 4.74 Å². The molecule has 1 atom stereocenters. The van der Waals surface area contributed by atoms with Gasteiger partial charge in [0.15, 0.2) is 0 Å². The van der Waals surface area contributed by atoms with Crippen LogP contribution in [0.5, 0.6) is 0 Å². The van der Waals surface area contributed by atoms with Gasteiger partial charge in [0.05, 0.1) is 16.1 Å². The fraction of sp³-hybridized carbons (Fsp3) is 0.400. The summed E-state index contributed by atoms with van der Waals surface area (Å²) >= 11 is 11.7. The molecule has 0 saturated heterocycles. The molecule has 5 heteroatoms. The molecule has 0 radical (unpaired) electrons. The van der Waals surface area contributed by atoms with Crippen LogP contribution in [0.4, 0.5) is 0 Å². The van der Waals surface area contributed by atoms with Crippen molar-refractivity contribution in [2.75, 3.05) is 13.7 Å². The van der Waals surface area contributed by atoms with Crippen LogP contribution in [0.2, 0.25) is 10.0 Å². The smallest absolute Gasteiger partial charge is 0.0977 e. The Morgan fingerprint density at radius 1 is 1.40 bits per heavy atom. The Bertz CT molecular complexity index is 344. The van der Waals surface area contributed by atoms with Gasteiger partial charge in [0.2, 0.25) is 0 Å². The first-order valence-electron chi connectivity index (χ1n) is 4.49. The predicted octanol–water partition coefficient (Wildman–Crippen LogP) is 4.10. The monoisotopic (exact) mass is 246 g/mol. The molecular formula is C10H12Cl2N2O. The van der Waals surface area contributed by atoms with Gasteiger partial charge < -0.3 is 4.74 Å². The quantitative estimate of drug-likeness (QED) is 0.782. The third-order valence-electron chi connectivity index (χ3n) is 2.08. The van der Waals surface area contributed by atoms with Crippen LogP contribution < -0.4 is 0 Å². The number of halogens is 2. The highest BCUT2D eigenvalue weighted by molar-refractivity contribution is 6.42. The fourth-order valence-corrected chi connectivity index (χ4v) is 1.56. The van der Waals surface area contributed by atoms with E-state index in [9.17, 15) is 0 Å². The van der Waals surface area contributed by atoms with Crippen LogP contribution in [0.25, 0.3) is 0 Å². The molecular weight excluding hydrogens is 235 g/mol. The Balaban J connectivity index is 2.82. The molecule has 1 aromatic rings. The van der Waals surface area contributed by atoms with Crippen LogP contribution in [-0.2, 0) is 4.74 Å². The normalized spacial score (nSPS) is 12.5. The van der Waals surface area contributed by atoms with Crippen LogP contribution in [0.1, 0.15) is 18.0 Å². The number of hydrogen-bond acceptors (Lipinski definition) is 3. The summed E-state index contributed by atoms with van der Waals surface area (Å²) in [5, 5.41) is 4.53. The molecule has 0 saturated carbocycles. The van der Waals surface area contributed by atoms with E-state index in [0.29, 0.717) is 23.1 Å². The third-order valence-corrected chi connectivity index (χ3v) is 2.82. The van der Waals surface area contributed by atoms with Gasteiger partial charge in [-0.15, -0.1) is 0 Å². The highest BCUT2D eigenvalue weighted by Gasteiger charge is 2.11. The van der Waals surface area contributed by atoms with E-state index in [1.807, 2.05) is 6.07 Å². The van der Waals surface area contributed by atoms with E-state index in [0.717, 1.165) is 5.56 Å². The Morgan fingerprint density at radius 3 is 2.67 bits per heavy atom. The third kappa shape index (κ3) is 3.45. The lowest BCUT2D eigenvalue weighted by Crippen LogP contribution is -1.99. The minimum absolute atomic E-state index is 0.209. The average Bonchev–Trinajstić information content (AvgIpc) is 2.24. The number of benzene rings is 1. The summed E-state index contributed by atoms with van der Waals surface area (Å²) in [7, 11) is 1.62. The minimum Gasteiger partial charge on any atom is -0.385 e. The molecule has 1 N–H and O–H groups in total. The number of nitrogens with zero attached hydrogens (tertiary/aromatic N) is 1. The summed E-state index contributed by atoms with van der Waals surface area (Å²) in [4.78, 5) is 0. The number of methoxy groups -OCH3 is 1. The number of nitrogens with one attached hydrogen (secondary N) is 1. The van der Waals surface area contributed by atoms with E-state index in [-0.39, 0.29) is 6.04 Å². The predicted molar refractivity (Wildman–Crippen MR) is 60.8 cm³/mol. The van der Waals surface area contributed by atoms with Crippen molar-refractivity contribution in [1.82, 2.24) is 0 Å². The van der Waals surface area contributed by atoms with Gasteiger partial charge in [0.1, 0.15) is 0 Å². The Hall–Kier alpha value is -0.640. The van der Waals surface area contributed by atoms with Crippen LogP contribution in [0, 0.1) is 5.53 Å². The lowest BCUT2D eigenvalue weighted by Gasteiger charge is -2.11. The van der Waals surface area contributed by atoms with Gasteiger partial charge in [-0.3, -0.25) is 0 Å². The van der Waals surface area contributed by atoms with Gasteiger partial charge in [0.25, 0.3) is 0 Å². The fourth-order valence-electron chi connectivity index (χ4n) is 1.25. The number of ether oxygens (including phenoxy) is 1. The molecule has 15 heavy (non-hydrogen) atoms. The summed E-state index contributed by atoms with van der Waals surface area (Å²) in [6.07, 6.45) is 0.665. The van der Waals surface area contributed by atoms with Crippen LogP contribution in [0.3, 0.4) is 0 Å². The van der Waals surface area contributed by atoms with Crippen LogP contribution >= 0.6 is 23.2 Å². The van der Waals surface area contributed by atoms with Crippen molar-refractivity contribution in [3.8, 4) is 0 Å². The molecule has 0 aromatic heterocycles. The maximum absolute atomic E-state index is 7.09. The molecule has 3 nitrogen and oxygen atoms in total. The molecule has 0 bridgehead atoms. The maximum Gasteiger partial charge on any atom is 0.0977 e. The van der Waals surface area contributed by atoms with E-state index in [1.54, 1.807) is 19.2 Å². The summed E-state index contributed by atoms with van der Waals surface area (Å²) in [5.41, 5.74) is 7.98. The summed E-state index contributed by atoms with van der Waals surface area (Å²) in [6, 6.07) is 5.07. The van der Waals surface area contributed by atoms with Gasteiger partial charge in [-0.1, -0.05) is 29.3 Å². The Morgan fingerprint density at radius 2 is 2.13 bits per heavy atom. The zero-order valence-corrected chi connectivity index (χ0v) is 9.85. The van der Waals surface area contributed by atoms with E-state index >= 15 is 0 Å². The van der Waals surface area contributed by atoms with Gasteiger partial charge in [-0.05, 0) is 24.1 Å². The lowest BCUT2D eigenvalue weighted by atomic mass is 10.1. The molecule has 1 unspecified atom stereocenters. The van der Waals surface area contributed by atoms with Crippen LogP contribution in [0.15, 0.2) is 23.3 Å². The second-order valence-corrected chi connectivity index (χ2v) is 3.91. The SMILES string of the molecule is COCCC(N=N)c1ccc(Cl)c(Cl)c1. The van der Waals surface area contributed by atoms with Crippen molar-refractivity contribution in [1.29, 1.82) is 5.53 Å². The van der Waals surface area contributed by atoms with Gasteiger partial charge in [-0.2, -0.15) is 5.11 Å². The maximum atomic E-state index is 7.09. The van der Waals surface area contributed by atoms with Gasteiger partial charge in [-0.25, -0.2) is 5.53 Å². The summed E-state index contributed by atoms with van der Waals surface area (Å²) in [5.74, 6) is 0. The van der Waals surface area contributed by atoms with E-state index in [1.165, 1.54) is 0 Å². The van der Waals surface area contributed by atoms with Gasteiger partial charge in [0, 0.05) is 13.7 Å². The molecule has 0 fully saturated rings. The van der Waals surface area contributed by atoms with Gasteiger partial charge >= 0.3 is 0 Å². The highest BCUT2D eigenvalue weighted by Crippen LogP contribution is 2.28. The standard InChI is InChI=1S/C10H12Cl2N2O/c1-15-5-4-10(14-13)7-2-3-8(11)9(12)6-7/h2-3,6,10,13H,4-5H2,1H3. The molecule has 82 valence electrons. The van der Waals surface area contributed by atoms with E-state index in [2.05, 4.69) is 5.11 Å². The largest absolute Gasteiger partial charge is 0.385 e. The van der Waals surface area contributed by atoms with Crippen molar-refractivity contribution in [3.05, 3.63) is 33.8 Å². The van der Waals surface area contributed by atoms with Crippen molar-refractivity contribution in [2.24, 2.45) is 5.11 Å². The van der Waals surface area contributed by atoms with E-state index in [4.69, 9.17) is 33.5 Å². The molecule has 0 aliphatic heterocycles. The summed E-state index contributed by atoms with van der Waals surface area (Å²) < 4.78 is 4.95. The first kappa shape index (κ1) is 12.4. The van der Waals surface area contributed by atoms with Crippen molar-refractivity contribution >= 4 is 23.2 Å². The molecule has 0 spiro atoms. The lowest BCUT2D eigenvalue weighted by molar-refractivity contribution is 0.187. The molecule has 0 aliphatic carbocycles. The molecule has 1 rings (SSSR count). The molecule has 0 heterocycles. The van der Waals surface area contributed by atoms with E-state index < -0.39 is 0 Å². The first-order valence-corrected chi connectivity index (χ1v) is 5.25. The molecule has 0 amide bonds. The topological polar surface area (TPSA) is 45.4 Å². The first-order chi connectivity index (χ1) is 7.19. The second kappa shape index (κ2) is 6.05. The van der Waals surface area contributed by atoms with Crippen molar-refractivity contribution in [2.45, 2.75) is 12.5 Å². The zero-order chi connectivity index (χ0) is 11.3. The van der Waals surface area contributed by atoms with Crippen molar-refractivity contribution in [3.63, 3.8) is 0 Å². The second-order valence-electron chi connectivity index (χ2n) is 3.10. The highest BCUT2D eigenvalue weighted by atomic mass is 35.5. The van der Waals surface area contributed by atoms with Crippen LogP contribution in [-0.4, -0.2) is 13.7 Å².